The summed E-state index contributed by atoms with van der Waals surface area (Å²) < 4.78 is 0. The topological polar surface area (TPSA) is 90.0 Å². The number of benzene rings is 4. The fraction of sp³-hybridized carbons (Fsp3) is 0.426. The molecule has 6 nitrogen and oxygen atoms in total. The molecule has 0 spiro atoms. The van der Waals surface area contributed by atoms with Gasteiger partial charge in [0.1, 0.15) is 0 Å². The maximum Gasteiger partial charge on any atom is 0.207 e. The molecule has 4 rings (SSSR count). The van der Waals surface area contributed by atoms with Crippen LogP contribution >= 0.6 is 0 Å². The number of hydrogen-bond acceptors (Lipinski definition) is 5. The van der Waals surface area contributed by atoms with Crippen LogP contribution in [-0.4, -0.2) is 42.8 Å². The summed E-state index contributed by atoms with van der Waals surface area (Å²) in [5.74, 6) is 0.857. The average molecular weight is 1000 g/mol. The van der Waals surface area contributed by atoms with Gasteiger partial charge in [-0.25, -0.2) is 0 Å². The second-order valence-electron chi connectivity index (χ2n) is 19.0. The largest absolute Gasteiger partial charge is 0.359 e. The Bertz CT molecular complexity index is 2310. The fourth-order valence-corrected chi connectivity index (χ4v) is 6.91. The molecule has 2 atom stereocenters. The Kier molecular flexibility index (Phi) is 43.8. The van der Waals surface area contributed by atoms with Crippen molar-refractivity contribution in [1.82, 2.24) is 5.32 Å². The number of nitrogens with one attached hydrogen (secondary N) is 2. The van der Waals surface area contributed by atoms with E-state index >= 15 is 0 Å². The summed E-state index contributed by atoms with van der Waals surface area (Å²) in [5.41, 5.74) is 18.8. The summed E-state index contributed by atoms with van der Waals surface area (Å²) in [6.45, 7) is 47.1. The van der Waals surface area contributed by atoms with Gasteiger partial charge >= 0.3 is 0 Å². The average Bonchev–Trinajstić information content (AvgIpc) is 3.38. The van der Waals surface area contributed by atoms with Crippen molar-refractivity contribution in [1.29, 1.82) is 5.41 Å². The van der Waals surface area contributed by atoms with Crippen LogP contribution in [0.1, 0.15) is 178 Å². The highest BCUT2D eigenvalue weighted by molar-refractivity contribution is 6.12. The van der Waals surface area contributed by atoms with Crippen molar-refractivity contribution in [3.63, 3.8) is 0 Å². The Morgan fingerprint density at radius 2 is 1.16 bits per heavy atom. The Hall–Kier alpha value is -6.45. The van der Waals surface area contributed by atoms with E-state index in [1.807, 2.05) is 48.5 Å². The molecule has 74 heavy (non-hydrogen) atoms. The molecule has 0 aromatic heterocycles. The Morgan fingerprint density at radius 1 is 0.676 bits per heavy atom. The molecule has 0 bridgehead atoms. The normalized spacial score (nSPS) is 10.6. The molecular weight excluding hydrogens is 903 g/mol. The number of carbonyl (C=O) groups excluding carboxylic acids is 1. The molecule has 404 valence electrons. The van der Waals surface area contributed by atoms with E-state index in [1.54, 1.807) is 19.2 Å². The second-order valence-corrected chi connectivity index (χ2v) is 19.0. The van der Waals surface area contributed by atoms with Crippen LogP contribution in [-0.2, 0) is 36.9 Å². The smallest absolute Gasteiger partial charge is 0.207 e. The molecular formula is C68H101N5O. The van der Waals surface area contributed by atoms with Crippen molar-refractivity contribution >= 4 is 29.3 Å². The molecule has 2 N–H and O–H groups in total. The van der Waals surface area contributed by atoms with E-state index in [0.29, 0.717) is 24.0 Å². The van der Waals surface area contributed by atoms with E-state index in [4.69, 9.17) is 5.41 Å². The van der Waals surface area contributed by atoms with Gasteiger partial charge in [0.2, 0.25) is 6.41 Å². The van der Waals surface area contributed by atoms with Crippen LogP contribution < -0.4 is 5.32 Å². The zero-order chi connectivity index (χ0) is 57.0. The minimum absolute atomic E-state index is 0.327. The highest BCUT2D eigenvalue weighted by Gasteiger charge is 2.17. The number of carbonyl (C=O) groups is 1. The Balaban J connectivity index is -0.00000102. The molecule has 1 amide bonds. The summed E-state index contributed by atoms with van der Waals surface area (Å²) in [6.07, 6.45) is 22.5. The highest BCUT2D eigenvalue weighted by atomic mass is 16.1. The molecule has 0 aliphatic carbocycles. The first-order valence-corrected chi connectivity index (χ1v) is 26.6. The molecule has 0 unspecified atom stereocenters. The first-order valence-electron chi connectivity index (χ1n) is 26.6. The fourth-order valence-electron chi connectivity index (χ4n) is 6.91. The zero-order valence-electron chi connectivity index (χ0n) is 49.5. The van der Waals surface area contributed by atoms with Gasteiger partial charge in [-0.2, -0.15) is 10.2 Å². The van der Waals surface area contributed by atoms with Gasteiger partial charge in [0.25, 0.3) is 0 Å². The van der Waals surface area contributed by atoms with E-state index in [9.17, 15) is 4.79 Å². The lowest BCUT2D eigenvalue weighted by atomic mass is 9.87. The summed E-state index contributed by atoms with van der Waals surface area (Å²) in [4.78, 5) is 13.3. The van der Waals surface area contributed by atoms with Crippen molar-refractivity contribution in [2.45, 2.75) is 168 Å². The van der Waals surface area contributed by atoms with Gasteiger partial charge in [-0.15, -0.1) is 32.6 Å². The molecule has 0 aliphatic rings. The first kappa shape index (κ1) is 71.8. The van der Waals surface area contributed by atoms with Crippen LogP contribution in [0.3, 0.4) is 0 Å². The number of allylic oxidation sites excluding steroid dienone is 4. The first-order chi connectivity index (χ1) is 35.2. The van der Waals surface area contributed by atoms with Crippen LogP contribution in [0.5, 0.6) is 0 Å². The number of nitrogens with zero attached hydrogens (tertiary/aromatic N) is 3. The SMILES string of the molecule is C#C.C=C(C)C[C@@H](C)/C(Cc1cc(CC)ccc1Cc1ccc(C)cc1)=N/N=C(C)C.C=C(Cc1ccc(CC)cc1C(=N)c1ccc(C)cc1)[C@@H](C)CCCC.C=CC.C=CC.CCCNC=O.CN=C(C)C. The van der Waals surface area contributed by atoms with E-state index < -0.39 is 0 Å². The van der Waals surface area contributed by atoms with Crippen LogP contribution in [0.25, 0.3) is 0 Å². The monoisotopic (exact) mass is 1000 g/mol. The van der Waals surface area contributed by atoms with E-state index in [2.05, 4.69) is 200 Å². The van der Waals surface area contributed by atoms with Gasteiger partial charge in [-0.05, 0) is 153 Å². The quantitative estimate of drug-likeness (QED) is 0.0214. The number of aliphatic imine (C=N–C) groups is 1. The van der Waals surface area contributed by atoms with E-state index in [1.165, 1.54) is 74.9 Å². The van der Waals surface area contributed by atoms with Gasteiger partial charge in [0.15, 0.2) is 0 Å². The van der Waals surface area contributed by atoms with Crippen LogP contribution in [0.4, 0.5) is 0 Å². The summed E-state index contributed by atoms with van der Waals surface area (Å²) >= 11 is 0. The van der Waals surface area contributed by atoms with Gasteiger partial charge in [0, 0.05) is 54.2 Å². The van der Waals surface area contributed by atoms with Gasteiger partial charge in [-0.1, -0.05) is 174 Å². The van der Waals surface area contributed by atoms with E-state index in [0.717, 1.165) is 79.8 Å². The molecule has 6 heteroatoms. The maximum atomic E-state index is 9.45. The molecule has 0 saturated heterocycles. The minimum Gasteiger partial charge on any atom is -0.359 e. The van der Waals surface area contributed by atoms with Crippen molar-refractivity contribution in [3.05, 3.63) is 190 Å². The Morgan fingerprint density at radius 3 is 1.59 bits per heavy atom. The van der Waals surface area contributed by atoms with Crippen LogP contribution in [0.2, 0.25) is 0 Å². The highest BCUT2D eigenvalue weighted by Crippen LogP contribution is 2.26. The lowest BCUT2D eigenvalue weighted by Gasteiger charge is -2.18. The number of amides is 1. The molecule has 0 saturated carbocycles. The maximum absolute atomic E-state index is 9.45. The van der Waals surface area contributed by atoms with Crippen molar-refractivity contribution in [2.24, 2.45) is 27.0 Å². The van der Waals surface area contributed by atoms with Crippen molar-refractivity contribution in [3.8, 4) is 12.8 Å². The lowest BCUT2D eigenvalue weighted by Crippen LogP contribution is -2.16. The van der Waals surface area contributed by atoms with Crippen LogP contribution in [0, 0.1) is 43.9 Å². The molecule has 0 radical (unpaired) electrons. The van der Waals surface area contributed by atoms with Crippen molar-refractivity contribution < 1.29 is 4.79 Å². The minimum atomic E-state index is 0.327. The summed E-state index contributed by atoms with van der Waals surface area (Å²) in [7, 11) is 1.79. The number of unbranched alkanes of at least 4 members (excludes halogenated alkanes) is 1. The van der Waals surface area contributed by atoms with Crippen LogP contribution in [0.15, 0.2) is 150 Å². The third kappa shape index (κ3) is 34.1. The molecule has 4 aromatic rings. The predicted octanol–water partition coefficient (Wildman–Crippen LogP) is 17.9. The number of aryl methyl sites for hydroxylation is 4. The zero-order valence-corrected chi connectivity index (χ0v) is 49.5. The number of terminal acetylenes is 1. The number of hydrogen-bond donors (Lipinski definition) is 2. The standard InChI is InChI=1S/C27H36N2.C25H33N.C4H9NO.C4H9N.2C3H6.C2H2/c1-8-23-13-14-25(17-24-11-9-21(6)10-12-24)26(16-23)18-27(29-28-20(4)5)22(7)15-19(2)3;1-6-8-9-19(4)20(5)16-23-15-12-21(7-2)17-24(23)25(26)22-13-10-18(3)11-14-22;1-2-3-5-4-6;1-4(2)5-3;2*1-3-2;1-2/h9-14,16,22H,2,8,15,17-18H2,1,3-7H3;10-15,17,19,26H,5-9,16H2,1-4H3;4H,2-3H2,1H3,(H,5,6);1-3H3;2*3H,1H2,2H3;1-2H/b29-27+;;;;;;/t22-;19-;;;;;/m10...../s1. The Labute approximate surface area is 454 Å². The van der Waals surface area contributed by atoms with Gasteiger partial charge < -0.3 is 5.32 Å². The van der Waals surface area contributed by atoms with Crippen molar-refractivity contribution in [2.75, 3.05) is 13.6 Å². The van der Waals surface area contributed by atoms with Gasteiger partial charge in [-0.3, -0.25) is 15.2 Å². The third-order valence-corrected chi connectivity index (χ3v) is 11.4. The molecule has 0 fully saturated rings. The molecule has 0 aliphatic heterocycles. The lowest BCUT2D eigenvalue weighted by molar-refractivity contribution is -0.109. The third-order valence-electron chi connectivity index (χ3n) is 11.4. The second kappa shape index (κ2) is 45.2. The molecule has 4 aromatic carbocycles. The molecule has 0 heterocycles. The predicted molar refractivity (Wildman–Crippen MR) is 333 cm³/mol. The van der Waals surface area contributed by atoms with Gasteiger partial charge in [0.05, 0.1) is 5.71 Å². The summed E-state index contributed by atoms with van der Waals surface area (Å²) in [5, 5.41) is 20.3. The van der Waals surface area contributed by atoms with E-state index in [-0.39, 0.29) is 0 Å². The summed E-state index contributed by atoms with van der Waals surface area (Å²) in [6, 6.07) is 30.6. The number of rotatable bonds is 21.